The lowest BCUT2D eigenvalue weighted by atomic mass is 10.2. The van der Waals surface area contributed by atoms with Gasteiger partial charge in [0.05, 0.1) is 30.4 Å². The number of amidine groups is 1. The van der Waals surface area contributed by atoms with E-state index < -0.39 is 0 Å². The highest BCUT2D eigenvalue weighted by atomic mass is 32.2. The van der Waals surface area contributed by atoms with Crippen molar-refractivity contribution in [3.05, 3.63) is 58.5 Å². The Morgan fingerprint density at radius 1 is 1.15 bits per heavy atom. The standard InChI is InChI=1S/C19H15N3O3S/c1-24-15-8-7-12(9-16(15)25-2)10-17-18(23)22-19(26-17)21-14-6-4-3-5-13(14)11-20/h3-10H,1-2H3,(H,21,22,23)/b17-10-. The average Bonchev–Trinajstić information content (AvgIpc) is 3.01. The monoisotopic (exact) mass is 365 g/mol. The number of carbonyl (C=O) groups excluding carboxylic acids is 1. The first-order valence-electron chi connectivity index (χ1n) is 7.65. The minimum absolute atomic E-state index is 0.238. The molecule has 6 nitrogen and oxygen atoms in total. The zero-order valence-electron chi connectivity index (χ0n) is 14.1. The lowest BCUT2D eigenvalue weighted by Gasteiger charge is -2.07. The summed E-state index contributed by atoms with van der Waals surface area (Å²) in [4.78, 5) is 17.1. The number of para-hydroxylation sites is 1. The van der Waals surface area contributed by atoms with Gasteiger partial charge in [-0.25, -0.2) is 4.99 Å². The van der Waals surface area contributed by atoms with Crippen LogP contribution in [0.1, 0.15) is 11.1 Å². The summed E-state index contributed by atoms with van der Waals surface area (Å²) < 4.78 is 10.5. The van der Waals surface area contributed by atoms with E-state index in [2.05, 4.69) is 16.4 Å². The molecule has 0 aliphatic carbocycles. The largest absolute Gasteiger partial charge is 0.493 e. The Bertz CT molecular complexity index is 961. The van der Waals surface area contributed by atoms with Gasteiger partial charge in [0, 0.05) is 0 Å². The van der Waals surface area contributed by atoms with E-state index >= 15 is 0 Å². The maximum Gasteiger partial charge on any atom is 0.264 e. The molecule has 2 aromatic carbocycles. The number of methoxy groups -OCH3 is 2. The fraction of sp³-hybridized carbons (Fsp3) is 0.105. The first-order chi connectivity index (χ1) is 12.6. The summed E-state index contributed by atoms with van der Waals surface area (Å²) in [5.41, 5.74) is 1.77. The summed E-state index contributed by atoms with van der Waals surface area (Å²) in [6.45, 7) is 0. The Morgan fingerprint density at radius 3 is 2.65 bits per heavy atom. The van der Waals surface area contributed by atoms with Gasteiger partial charge < -0.3 is 14.8 Å². The van der Waals surface area contributed by atoms with Crippen LogP contribution in [-0.4, -0.2) is 25.3 Å². The highest BCUT2D eigenvalue weighted by molar-refractivity contribution is 8.18. The van der Waals surface area contributed by atoms with Crippen LogP contribution in [0.3, 0.4) is 0 Å². The van der Waals surface area contributed by atoms with Gasteiger partial charge in [-0.15, -0.1) is 0 Å². The van der Waals surface area contributed by atoms with Crippen molar-refractivity contribution in [3.8, 4) is 17.6 Å². The van der Waals surface area contributed by atoms with Crippen LogP contribution in [0.25, 0.3) is 6.08 Å². The smallest absolute Gasteiger partial charge is 0.264 e. The van der Waals surface area contributed by atoms with E-state index in [9.17, 15) is 4.79 Å². The van der Waals surface area contributed by atoms with Crippen LogP contribution in [0.15, 0.2) is 52.4 Å². The van der Waals surface area contributed by atoms with Crippen LogP contribution >= 0.6 is 11.8 Å². The van der Waals surface area contributed by atoms with Crippen molar-refractivity contribution in [3.63, 3.8) is 0 Å². The summed E-state index contributed by atoms with van der Waals surface area (Å²) in [5, 5.41) is 12.3. The van der Waals surface area contributed by atoms with Crippen molar-refractivity contribution < 1.29 is 14.3 Å². The van der Waals surface area contributed by atoms with Gasteiger partial charge >= 0.3 is 0 Å². The second-order valence-corrected chi connectivity index (χ2v) is 6.26. The van der Waals surface area contributed by atoms with Crippen LogP contribution < -0.4 is 14.8 Å². The van der Waals surface area contributed by atoms with Gasteiger partial charge in [-0.2, -0.15) is 5.26 Å². The van der Waals surface area contributed by atoms with Crippen molar-refractivity contribution in [1.29, 1.82) is 5.26 Å². The van der Waals surface area contributed by atoms with E-state index in [1.54, 1.807) is 56.7 Å². The quantitative estimate of drug-likeness (QED) is 0.839. The molecule has 7 heteroatoms. The number of nitrogens with one attached hydrogen (secondary N) is 1. The van der Waals surface area contributed by atoms with E-state index in [4.69, 9.17) is 14.7 Å². The third kappa shape index (κ3) is 3.71. The highest BCUT2D eigenvalue weighted by Gasteiger charge is 2.24. The van der Waals surface area contributed by atoms with Crippen molar-refractivity contribution >= 4 is 34.6 Å². The van der Waals surface area contributed by atoms with Gasteiger partial charge in [0.2, 0.25) is 0 Å². The van der Waals surface area contributed by atoms with Gasteiger partial charge in [0.1, 0.15) is 6.07 Å². The summed E-state index contributed by atoms with van der Waals surface area (Å²) >= 11 is 1.22. The van der Waals surface area contributed by atoms with Crippen LogP contribution in [0.5, 0.6) is 11.5 Å². The molecular formula is C19H15N3O3S. The van der Waals surface area contributed by atoms with E-state index in [0.717, 1.165) is 5.56 Å². The molecule has 1 aliphatic heterocycles. The first kappa shape index (κ1) is 17.6. The van der Waals surface area contributed by atoms with E-state index in [1.165, 1.54) is 11.8 Å². The predicted octanol–water partition coefficient (Wildman–Crippen LogP) is 3.47. The molecule has 0 unspecified atom stereocenters. The van der Waals surface area contributed by atoms with Crippen molar-refractivity contribution in [1.82, 2.24) is 5.32 Å². The van der Waals surface area contributed by atoms with Crippen LogP contribution in [0, 0.1) is 11.3 Å². The molecule has 0 bridgehead atoms. The molecular weight excluding hydrogens is 350 g/mol. The average molecular weight is 365 g/mol. The summed E-state index contributed by atoms with van der Waals surface area (Å²) in [5.74, 6) is 0.966. The number of rotatable bonds is 4. The molecule has 2 aromatic rings. The summed E-state index contributed by atoms with van der Waals surface area (Å²) in [6, 6.07) is 14.5. The molecule has 1 heterocycles. The van der Waals surface area contributed by atoms with Crippen LogP contribution in [0.2, 0.25) is 0 Å². The Labute approximate surface area is 155 Å². The van der Waals surface area contributed by atoms with Gasteiger partial charge in [0.25, 0.3) is 5.91 Å². The normalized spacial score (nSPS) is 16.4. The maximum atomic E-state index is 12.2. The second-order valence-electron chi connectivity index (χ2n) is 5.23. The molecule has 0 atom stereocenters. The van der Waals surface area contributed by atoms with Crippen LogP contribution in [0.4, 0.5) is 5.69 Å². The molecule has 1 aliphatic rings. The molecule has 0 saturated carbocycles. The minimum Gasteiger partial charge on any atom is -0.493 e. The molecule has 26 heavy (non-hydrogen) atoms. The maximum absolute atomic E-state index is 12.2. The Kier molecular flexibility index (Phi) is 5.25. The zero-order chi connectivity index (χ0) is 18.5. The fourth-order valence-corrected chi connectivity index (χ4v) is 3.18. The number of carbonyl (C=O) groups is 1. The topological polar surface area (TPSA) is 83.7 Å². The SMILES string of the molecule is COc1ccc(/C=C2\SC(=Nc3ccccc3C#N)NC2=O)cc1OC. The molecule has 0 spiro atoms. The minimum atomic E-state index is -0.238. The third-order valence-corrected chi connectivity index (χ3v) is 4.51. The molecule has 1 amide bonds. The lowest BCUT2D eigenvalue weighted by molar-refractivity contribution is -0.115. The molecule has 130 valence electrons. The van der Waals surface area contributed by atoms with Crippen molar-refractivity contribution in [2.45, 2.75) is 0 Å². The summed E-state index contributed by atoms with van der Waals surface area (Å²) in [6.07, 6.45) is 1.75. The number of nitrogens with zero attached hydrogens (tertiary/aromatic N) is 2. The van der Waals surface area contributed by atoms with E-state index in [-0.39, 0.29) is 5.91 Å². The molecule has 1 fully saturated rings. The third-order valence-electron chi connectivity index (χ3n) is 3.60. The van der Waals surface area contributed by atoms with Crippen molar-refractivity contribution in [2.24, 2.45) is 4.99 Å². The predicted molar refractivity (Wildman–Crippen MR) is 102 cm³/mol. The summed E-state index contributed by atoms with van der Waals surface area (Å²) in [7, 11) is 3.13. The number of nitriles is 1. The first-order valence-corrected chi connectivity index (χ1v) is 8.47. The Balaban J connectivity index is 1.87. The molecule has 0 radical (unpaired) electrons. The molecule has 3 rings (SSSR count). The molecule has 1 saturated heterocycles. The van der Waals surface area contributed by atoms with Gasteiger partial charge in [0.15, 0.2) is 16.7 Å². The van der Waals surface area contributed by atoms with Gasteiger partial charge in [-0.05, 0) is 47.7 Å². The van der Waals surface area contributed by atoms with Crippen molar-refractivity contribution in [2.75, 3.05) is 14.2 Å². The number of aliphatic imine (C=N–C) groups is 1. The van der Waals surface area contributed by atoms with E-state index in [1.807, 2.05) is 6.07 Å². The lowest BCUT2D eigenvalue weighted by Crippen LogP contribution is -2.19. The Hall–Kier alpha value is -3.24. The van der Waals surface area contributed by atoms with Gasteiger partial charge in [-0.3, -0.25) is 4.79 Å². The number of hydrogen-bond acceptors (Lipinski definition) is 6. The fourth-order valence-electron chi connectivity index (χ4n) is 2.35. The number of benzene rings is 2. The van der Waals surface area contributed by atoms with E-state index in [0.29, 0.717) is 32.8 Å². The Morgan fingerprint density at radius 2 is 1.92 bits per heavy atom. The second kappa shape index (κ2) is 7.76. The van der Waals surface area contributed by atoms with Gasteiger partial charge in [-0.1, -0.05) is 18.2 Å². The molecule has 1 N–H and O–H groups in total. The number of thioether (sulfide) groups is 1. The highest BCUT2D eigenvalue weighted by Crippen LogP contribution is 2.32. The zero-order valence-corrected chi connectivity index (χ0v) is 15.0. The number of ether oxygens (including phenoxy) is 2. The number of hydrogen-bond donors (Lipinski definition) is 1. The number of amides is 1. The molecule has 0 aromatic heterocycles. The van der Waals surface area contributed by atoms with Crippen LogP contribution in [-0.2, 0) is 4.79 Å².